The van der Waals surface area contributed by atoms with Gasteiger partial charge < -0.3 is 29.7 Å². The van der Waals surface area contributed by atoms with Crippen molar-refractivity contribution in [1.29, 1.82) is 0 Å². The first-order chi connectivity index (χ1) is 24.5. The molecule has 4 heterocycles. The summed E-state index contributed by atoms with van der Waals surface area (Å²) < 4.78 is 87.2. The summed E-state index contributed by atoms with van der Waals surface area (Å²) in [5.41, 5.74) is -5.33. The Balaban J connectivity index is 1.28. The van der Waals surface area contributed by atoms with E-state index in [1.165, 1.54) is 30.3 Å². The number of phenols is 1. The Kier molecular flexibility index (Phi) is 9.17. The van der Waals surface area contributed by atoms with E-state index in [9.17, 15) is 18.3 Å². The van der Waals surface area contributed by atoms with Crippen LogP contribution < -0.4 is 15.0 Å². The first-order valence-electron chi connectivity index (χ1n) is 17.7. The molecule has 3 saturated heterocycles. The van der Waals surface area contributed by atoms with Crippen LogP contribution in [0, 0.1) is 17.0 Å². The zero-order chi connectivity index (χ0) is 35.5. The number of halogens is 5. The van der Waals surface area contributed by atoms with Gasteiger partial charge >= 0.3 is 11.5 Å². The zero-order valence-electron chi connectivity index (χ0n) is 28.3. The molecule has 2 unspecified atom stereocenters. The number of alkyl halides is 3. The second-order valence-electron chi connectivity index (χ2n) is 14.4. The number of rotatable bonds is 9. The van der Waals surface area contributed by atoms with Crippen LogP contribution in [0.25, 0.3) is 32.8 Å². The number of ether oxygens (including phenoxy) is 2. The first-order valence-corrected chi connectivity index (χ1v) is 18.5. The Labute approximate surface area is 296 Å². The van der Waals surface area contributed by atoms with Crippen molar-refractivity contribution in [2.75, 3.05) is 57.4 Å². The van der Waals surface area contributed by atoms with Crippen molar-refractivity contribution >= 4 is 39.3 Å². The molecule has 4 fully saturated rings. The number of hydrogen-bond acceptors (Lipinski definition) is 9. The first kappa shape index (κ1) is 34.6. The van der Waals surface area contributed by atoms with Gasteiger partial charge in [0.05, 0.1) is 13.2 Å². The fraction of sp³-hybridized carbons (Fsp3) is 0.514. The summed E-state index contributed by atoms with van der Waals surface area (Å²) in [4.78, 5) is 13.3. The van der Waals surface area contributed by atoms with Gasteiger partial charge in [-0.25, -0.2) is 8.78 Å². The minimum atomic E-state index is -4.78. The fourth-order valence-corrected chi connectivity index (χ4v) is 8.84. The summed E-state index contributed by atoms with van der Waals surface area (Å²) in [5.74, 6) is -1.56. The molecule has 14 heteroatoms. The molecule has 8 rings (SSSR count). The van der Waals surface area contributed by atoms with Crippen LogP contribution in [0.4, 0.5) is 27.8 Å². The molecular weight excluding hydrogens is 689 g/mol. The number of thioether (sulfide) groups is 1. The normalized spacial score (nSPS) is 22.1. The number of phenolic OH excluding ortho intramolecular Hbond substituents is 1. The number of nitrogens with one attached hydrogen (secondary N) is 1. The number of benzene rings is 3. The van der Waals surface area contributed by atoms with Crippen LogP contribution in [0.1, 0.15) is 44.6 Å². The fourth-order valence-electron chi connectivity index (χ4n) is 8.11. The van der Waals surface area contributed by atoms with E-state index in [1.807, 2.05) is 4.90 Å². The molecule has 3 aliphatic heterocycles. The number of aromatic nitrogens is 2. The SMILES string of the molecule is CCc1c(F)ccc2cc(O)cc(-c3c(SC(F)(F)F)cc4c(N5CC6CCC(C5)N6)nc(OCC5(CN6CCCOCC6)CC5)nc4c3F)c12. The summed E-state index contributed by atoms with van der Waals surface area (Å²) in [6.07, 6.45) is 4.97. The van der Waals surface area contributed by atoms with Gasteiger partial charge in [0.2, 0.25) is 0 Å². The molecule has 0 radical (unpaired) electrons. The lowest BCUT2D eigenvalue weighted by Gasteiger charge is -2.34. The van der Waals surface area contributed by atoms with E-state index in [0.29, 0.717) is 37.5 Å². The Morgan fingerprint density at radius 3 is 2.57 bits per heavy atom. The van der Waals surface area contributed by atoms with Gasteiger partial charge in [-0.1, -0.05) is 13.0 Å². The van der Waals surface area contributed by atoms with E-state index in [1.54, 1.807) is 6.92 Å². The van der Waals surface area contributed by atoms with Crippen molar-refractivity contribution in [2.45, 2.75) is 67.9 Å². The molecule has 8 nitrogen and oxygen atoms in total. The molecule has 2 N–H and O–H groups in total. The second-order valence-corrected chi connectivity index (χ2v) is 15.5. The van der Waals surface area contributed by atoms with E-state index in [0.717, 1.165) is 58.3 Å². The monoisotopic (exact) mass is 729 g/mol. The molecule has 51 heavy (non-hydrogen) atoms. The summed E-state index contributed by atoms with van der Waals surface area (Å²) >= 11 is -0.450. The van der Waals surface area contributed by atoms with Crippen LogP contribution in [0.5, 0.6) is 11.8 Å². The number of hydrogen-bond donors (Lipinski definition) is 2. The third-order valence-electron chi connectivity index (χ3n) is 10.7. The van der Waals surface area contributed by atoms with Crippen LogP contribution in [0.2, 0.25) is 0 Å². The summed E-state index contributed by atoms with van der Waals surface area (Å²) in [6, 6.07) is 6.84. The Hall–Kier alpha value is -3.46. The Morgan fingerprint density at radius 1 is 1.06 bits per heavy atom. The number of fused-ring (bicyclic) bond motifs is 4. The van der Waals surface area contributed by atoms with E-state index >= 15 is 8.78 Å². The number of aryl methyl sites for hydroxylation is 1. The molecule has 1 saturated carbocycles. The standard InChI is InChI=1S/C37H40F5N5O3S/c1-2-25-28(38)7-4-21-14-24(48)15-26(30(21)25)31-29(51-37(40,41)42)16-27-33(32(31)39)44-35(45-34(27)47-17-22-5-6-23(18-47)43-22)50-20-36(8-9-36)19-46-10-3-12-49-13-11-46/h4,7,14-16,22-23,43,48H,2-3,5-6,8-13,17-20H2,1H3. The van der Waals surface area contributed by atoms with Gasteiger partial charge in [-0.2, -0.15) is 23.1 Å². The van der Waals surface area contributed by atoms with Crippen molar-refractivity contribution < 1.29 is 36.5 Å². The predicted octanol–water partition coefficient (Wildman–Crippen LogP) is 7.43. The van der Waals surface area contributed by atoms with Gasteiger partial charge in [0, 0.05) is 72.7 Å². The maximum atomic E-state index is 17.4. The average Bonchev–Trinajstić information content (AvgIpc) is 3.83. The number of aromatic hydroxyl groups is 1. The largest absolute Gasteiger partial charge is 0.508 e. The van der Waals surface area contributed by atoms with Gasteiger partial charge in [0.1, 0.15) is 22.9 Å². The average molecular weight is 730 g/mol. The van der Waals surface area contributed by atoms with Crippen molar-refractivity contribution in [3.8, 4) is 22.9 Å². The van der Waals surface area contributed by atoms with Crippen molar-refractivity contribution in [3.63, 3.8) is 0 Å². The molecule has 4 aromatic rings. The third-order valence-corrected chi connectivity index (χ3v) is 11.5. The lowest BCUT2D eigenvalue weighted by atomic mass is 9.92. The van der Waals surface area contributed by atoms with Crippen LogP contribution in [0.15, 0.2) is 35.2 Å². The molecular formula is C37H40F5N5O3S. The molecule has 1 aliphatic carbocycles. The van der Waals surface area contributed by atoms with Crippen LogP contribution in [-0.2, 0) is 11.2 Å². The highest BCUT2D eigenvalue weighted by atomic mass is 32.2. The van der Waals surface area contributed by atoms with E-state index < -0.39 is 39.4 Å². The highest BCUT2D eigenvalue weighted by Crippen LogP contribution is 2.50. The Bertz CT molecular complexity index is 1960. The molecule has 2 bridgehead atoms. The zero-order valence-corrected chi connectivity index (χ0v) is 29.1. The van der Waals surface area contributed by atoms with E-state index in [-0.39, 0.29) is 63.1 Å². The summed E-state index contributed by atoms with van der Waals surface area (Å²) in [7, 11) is 0. The number of anilines is 1. The highest BCUT2D eigenvalue weighted by Gasteiger charge is 2.45. The molecule has 0 amide bonds. The van der Waals surface area contributed by atoms with E-state index in [2.05, 4.69) is 15.2 Å². The lowest BCUT2D eigenvalue weighted by Crippen LogP contribution is -2.51. The topological polar surface area (TPSA) is 83.0 Å². The molecule has 4 aliphatic rings. The lowest BCUT2D eigenvalue weighted by molar-refractivity contribution is -0.0328. The quantitative estimate of drug-likeness (QED) is 0.135. The minimum absolute atomic E-state index is 0.0454. The molecule has 2 atom stereocenters. The second kappa shape index (κ2) is 13.5. The molecule has 3 aromatic carbocycles. The Morgan fingerprint density at radius 2 is 1.84 bits per heavy atom. The van der Waals surface area contributed by atoms with Crippen molar-refractivity contribution in [2.24, 2.45) is 5.41 Å². The third kappa shape index (κ3) is 7.04. The van der Waals surface area contributed by atoms with Crippen LogP contribution in [-0.4, -0.2) is 90.1 Å². The summed E-state index contributed by atoms with van der Waals surface area (Å²) in [6.45, 7) is 7.14. The maximum absolute atomic E-state index is 17.4. The van der Waals surface area contributed by atoms with Gasteiger partial charge in [0.15, 0.2) is 5.82 Å². The predicted molar refractivity (Wildman–Crippen MR) is 187 cm³/mol. The number of piperazine rings is 1. The minimum Gasteiger partial charge on any atom is -0.508 e. The maximum Gasteiger partial charge on any atom is 0.446 e. The van der Waals surface area contributed by atoms with Gasteiger partial charge in [-0.3, -0.25) is 0 Å². The van der Waals surface area contributed by atoms with Crippen LogP contribution >= 0.6 is 11.8 Å². The van der Waals surface area contributed by atoms with Crippen LogP contribution in [0.3, 0.4) is 0 Å². The van der Waals surface area contributed by atoms with Crippen molar-refractivity contribution in [1.82, 2.24) is 20.2 Å². The molecule has 0 spiro atoms. The van der Waals surface area contributed by atoms with Gasteiger partial charge in [0.25, 0.3) is 0 Å². The van der Waals surface area contributed by atoms with Gasteiger partial charge in [-0.15, -0.1) is 0 Å². The van der Waals surface area contributed by atoms with Crippen molar-refractivity contribution in [3.05, 3.63) is 47.5 Å². The highest BCUT2D eigenvalue weighted by molar-refractivity contribution is 8.00. The van der Waals surface area contributed by atoms with E-state index in [4.69, 9.17) is 14.5 Å². The molecule has 1 aromatic heterocycles. The number of nitrogens with zero attached hydrogens (tertiary/aromatic N) is 4. The smallest absolute Gasteiger partial charge is 0.446 e. The van der Waals surface area contributed by atoms with Gasteiger partial charge in [-0.05, 0) is 96.5 Å². The summed E-state index contributed by atoms with van der Waals surface area (Å²) in [5, 5.41) is 15.0. The molecule has 272 valence electrons.